The van der Waals surface area contributed by atoms with E-state index >= 15 is 0 Å². The highest BCUT2D eigenvalue weighted by atomic mass is 32.1. The quantitative estimate of drug-likeness (QED) is 0.326. The van der Waals surface area contributed by atoms with Crippen molar-refractivity contribution in [2.45, 2.75) is 19.9 Å². The highest BCUT2D eigenvalue weighted by molar-refractivity contribution is 7.22. The summed E-state index contributed by atoms with van der Waals surface area (Å²) < 4.78 is 14.1. The van der Waals surface area contributed by atoms with Crippen molar-refractivity contribution in [3.8, 4) is 11.5 Å². The highest BCUT2D eigenvalue weighted by Gasteiger charge is 2.15. The summed E-state index contributed by atoms with van der Waals surface area (Å²) >= 11 is 1.50. The third-order valence-corrected chi connectivity index (χ3v) is 6.79. The normalized spacial score (nSPS) is 11.1. The summed E-state index contributed by atoms with van der Waals surface area (Å²) in [6.07, 6.45) is 2.32. The largest absolute Gasteiger partial charge is 0.497 e. The fourth-order valence-corrected chi connectivity index (χ4v) is 5.18. The fourth-order valence-electron chi connectivity index (χ4n) is 4.22. The molecule has 5 aromatic rings. The molecular weight excluding hydrogens is 446 g/mol. The van der Waals surface area contributed by atoms with Gasteiger partial charge in [-0.25, -0.2) is 4.98 Å². The second-order valence-electron chi connectivity index (χ2n) is 8.19. The van der Waals surface area contributed by atoms with E-state index in [1.54, 1.807) is 14.2 Å². The smallest absolute Gasteiger partial charge is 0.230 e. The van der Waals surface area contributed by atoms with Crippen LogP contribution in [0.15, 0.2) is 66.9 Å². The first-order chi connectivity index (χ1) is 16.5. The molecule has 0 saturated carbocycles. The first kappa shape index (κ1) is 22.0. The van der Waals surface area contributed by atoms with Gasteiger partial charge in [-0.05, 0) is 47.9 Å². The van der Waals surface area contributed by atoms with Crippen LogP contribution in [0.25, 0.3) is 21.1 Å². The molecule has 0 aliphatic heterocycles. The number of fused-ring (bicyclic) bond motifs is 2. The lowest BCUT2D eigenvalue weighted by atomic mass is 10.1. The molecule has 0 aliphatic carbocycles. The summed E-state index contributed by atoms with van der Waals surface area (Å²) in [5.74, 6) is 1.41. The summed E-state index contributed by atoms with van der Waals surface area (Å²) in [7, 11) is 3.29. The molecule has 0 radical (unpaired) electrons. The Morgan fingerprint density at radius 1 is 1.03 bits per heavy atom. The number of methoxy groups -OCH3 is 2. The molecule has 0 bridgehead atoms. The van der Waals surface area contributed by atoms with E-state index in [9.17, 15) is 4.79 Å². The third-order valence-electron chi connectivity index (χ3n) is 5.85. The van der Waals surface area contributed by atoms with Gasteiger partial charge in [0.1, 0.15) is 11.5 Å². The molecule has 172 valence electrons. The van der Waals surface area contributed by atoms with Crippen LogP contribution in [-0.2, 0) is 17.8 Å². The number of ether oxygens (including phenoxy) is 2. The number of carbonyl (C=O) groups is 1. The van der Waals surface area contributed by atoms with Gasteiger partial charge in [0.15, 0.2) is 5.13 Å². The van der Waals surface area contributed by atoms with Gasteiger partial charge in [0.2, 0.25) is 5.91 Å². The number of benzene rings is 3. The summed E-state index contributed by atoms with van der Waals surface area (Å²) in [5, 5.41) is 4.68. The Morgan fingerprint density at radius 3 is 2.53 bits per heavy atom. The molecule has 7 heteroatoms. The Morgan fingerprint density at radius 2 is 1.79 bits per heavy atom. The fraction of sp³-hybridized carbons (Fsp3) is 0.185. The molecule has 0 spiro atoms. The first-order valence-corrected chi connectivity index (χ1v) is 11.8. The van der Waals surface area contributed by atoms with Crippen LogP contribution in [-0.4, -0.2) is 29.7 Å². The van der Waals surface area contributed by atoms with Gasteiger partial charge >= 0.3 is 0 Å². The zero-order chi connectivity index (χ0) is 23.7. The molecular formula is C27H25N3O3S. The van der Waals surface area contributed by atoms with E-state index in [2.05, 4.69) is 33.2 Å². The number of anilines is 1. The van der Waals surface area contributed by atoms with Crippen molar-refractivity contribution in [3.05, 3.63) is 83.6 Å². The number of nitrogens with zero attached hydrogens (tertiary/aromatic N) is 2. The van der Waals surface area contributed by atoms with Gasteiger partial charge in [0.25, 0.3) is 0 Å². The number of carbonyl (C=O) groups excluding carboxylic acids is 1. The van der Waals surface area contributed by atoms with E-state index in [4.69, 9.17) is 9.47 Å². The lowest BCUT2D eigenvalue weighted by Gasteiger charge is -2.10. The number of rotatable bonds is 7. The van der Waals surface area contributed by atoms with Crippen LogP contribution in [0, 0.1) is 6.92 Å². The molecule has 5 rings (SSSR count). The average molecular weight is 472 g/mol. The minimum Gasteiger partial charge on any atom is -0.497 e. The van der Waals surface area contributed by atoms with Gasteiger partial charge in [-0.15, -0.1) is 0 Å². The van der Waals surface area contributed by atoms with Gasteiger partial charge in [0.05, 0.1) is 30.9 Å². The molecule has 34 heavy (non-hydrogen) atoms. The minimum absolute atomic E-state index is 0.0809. The van der Waals surface area contributed by atoms with Crippen LogP contribution in [0.2, 0.25) is 0 Å². The van der Waals surface area contributed by atoms with Crippen molar-refractivity contribution >= 4 is 43.5 Å². The number of amides is 1. The zero-order valence-corrected chi connectivity index (χ0v) is 20.1. The predicted octanol–water partition coefficient (Wildman–Crippen LogP) is 5.81. The molecule has 2 heterocycles. The maximum atomic E-state index is 12.9. The standard InChI is InChI=1S/C27H25N3O3S/c1-17-7-6-10-24-26(17)29-27(34-24)28-25(31)13-19-16-30(23-9-5-4-8-22(19)23)15-18-11-20(32-2)14-21(12-18)33-3/h4-12,14,16H,13,15H2,1-3H3,(H,28,29,31). The molecule has 6 nitrogen and oxygen atoms in total. The van der Waals surface area contributed by atoms with Gasteiger partial charge in [-0.1, -0.05) is 41.7 Å². The van der Waals surface area contributed by atoms with Gasteiger partial charge < -0.3 is 19.4 Å². The average Bonchev–Trinajstić information content (AvgIpc) is 3.40. The van der Waals surface area contributed by atoms with Gasteiger partial charge in [-0.2, -0.15) is 0 Å². The molecule has 0 atom stereocenters. The number of para-hydroxylation sites is 2. The van der Waals surface area contributed by atoms with Crippen molar-refractivity contribution in [3.63, 3.8) is 0 Å². The van der Waals surface area contributed by atoms with Crippen molar-refractivity contribution < 1.29 is 14.3 Å². The number of aryl methyl sites for hydroxylation is 1. The van der Waals surface area contributed by atoms with E-state index in [0.717, 1.165) is 49.3 Å². The number of thiazole rings is 1. The lowest BCUT2D eigenvalue weighted by Crippen LogP contribution is -2.14. The molecule has 2 aromatic heterocycles. The second-order valence-corrected chi connectivity index (χ2v) is 9.22. The molecule has 0 unspecified atom stereocenters. The Labute approximate surface area is 201 Å². The summed E-state index contributed by atoms with van der Waals surface area (Å²) in [4.78, 5) is 17.5. The number of hydrogen-bond donors (Lipinski definition) is 1. The van der Waals surface area contributed by atoms with E-state index in [0.29, 0.717) is 11.7 Å². The maximum absolute atomic E-state index is 12.9. The summed E-state index contributed by atoms with van der Waals surface area (Å²) in [5.41, 5.74) is 5.14. The van der Waals surface area contributed by atoms with Gasteiger partial charge in [0, 0.05) is 29.7 Å². The third kappa shape index (κ3) is 4.34. The topological polar surface area (TPSA) is 65.4 Å². The van der Waals surface area contributed by atoms with Gasteiger partial charge in [-0.3, -0.25) is 4.79 Å². The highest BCUT2D eigenvalue weighted by Crippen LogP contribution is 2.29. The van der Waals surface area contributed by atoms with Crippen LogP contribution in [0.1, 0.15) is 16.7 Å². The number of aromatic nitrogens is 2. The summed E-state index contributed by atoms with van der Waals surface area (Å²) in [6.45, 7) is 2.66. The van der Waals surface area contributed by atoms with Crippen molar-refractivity contribution in [1.82, 2.24) is 9.55 Å². The monoisotopic (exact) mass is 471 g/mol. The SMILES string of the molecule is COc1cc(Cn2cc(CC(=O)Nc3nc4c(C)cccc4s3)c3ccccc32)cc(OC)c1. The molecule has 1 N–H and O–H groups in total. The lowest BCUT2D eigenvalue weighted by molar-refractivity contribution is -0.115. The van der Waals surface area contributed by atoms with Crippen molar-refractivity contribution in [2.24, 2.45) is 0 Å². The molecule has 0 fully saturated rings. The van der Waals surface area contributed by atoms with E-state index in [-0.39, 0.29) is 12.3 Å². The Balaban J connectivity index is 1.41. The van der Waals surface area contributed by atoms with Crippen LogP contribution < -0.4 is 14.8 Å². The van der Waals surface area contributed by atoms with Crippen LogP contribution in [0.3, 0.4) is 0 Å². The van der Waals surface area contributed by atoms with Crippen LogP contribution >= 0.6 is 11.3 Å². The van der Waals surface area contributed by atoms with Crippen LogP contribution in [0.5, 0.6) is 11.5 Å². The van der Waals surface area contributed by atoms with Crippen molar-refractivity contribution in [2.75, 3.05) is 19.5 Å². The zero-order valence-electron chi connectivity index (χ0n) is 19.3. The summed E-state index contributed by atoms with van der Waals surface area (Å²) in [6, 6.07) is 20.1. The van der Waals surface area contributed by atoms with E-state index in [1.807, 2.05) is 55.5 Å². The number of nitrogens with one attached hydrogen (secondary N) is 1. The first-order valence-electron chi connectivity index (χ1n) is 11.0. The molecule has 1 amide bonds. The Hall–Kier alpha value is -3.84. The van der Waals surface area contributed by atoms with E-state index < -0.39 is 0 Å². The molecule has 0 aliphatic rings. The maximum Gasteiger partial charge on any atom is 0.230 e. The van der Waals surface area contributed by atoms with Crippen LogP contribution in [0.4, 0.5) is 5.13 Å². The molecule has 3 aromatic carbocycles. The number of hydrogen-bond acceptors (Lipinski definition) is 5. The predicted molar refractivity (Wildman–Crippen MR) is 137 cm³/mol. The second kappa shape index (κ2) is 9.19. The minimum atomic E-state index is -0.0809. The Kier molecular flexibility index (Phi) is 5.94. The Bertz CT molecular complexity index is 1480. The van der Waals surface area contributed by atoms with Crippen molar-refractivity contribution in [1.29, 1.82) is 0 Å². The van der Waals surface area contributed by atoms with E-state index in [1.165, 1.54) is 11.3 Å². The molecule has 0 saturated heterocycles.